The number of halogens is 1. The Morgan fingerprint density at radius 3 is 2.38 bits per heavy atom. The van der Waals surface area contributed by atoms with E-state index in [0.29, 0.717) is 22.3 Å². The third kappa shape index (κ3) is 3.83. The normalized spacial score (nSPS) is 11.2. The van der Waals surface area contributed by atoms with Crippen molar-refractivity contribution in [3.8, 4) is 11.4 Å². The zero-order chi connectivity index (χ0) is 20.4. The number of non-ortho nitro benzene ring substituents is 1. The van der Waals surface area contributed by atoms with Gasteiger partial charge in [-0.3, -0.25) is 14.9 Å². The molecule has 29 heavy (non-hydrogen) atoms. The fourth-order valence-corrected chi connectivity index (χ4v) is 3.09. The van der Waals surface area contributed by atoms with Crippen LogP contribution in [0.15, 0.2) is 87.2 Å². The summed E-state index contributed by atoms with van der Waals surface area (Å²) in [5, 5.41) is 15.6. The molecule has 1 aromatic heterocycles. The molecule has 3 aromatic carbocycles. The van der Waals surface area contributed by atoms with Gasteiger partial charge >= 0.3 is 0 Å². The number of rotatable bonds is 4. The molecular formula is C21H13BrN4O3. The summed E-state index contributed by atoms with van der Waals surface area (Å²) in [6.45, 7) is 0. The van der Waals surface area contributed by atoms with Gasteiger partial charge < -0.3 is 0 Å². The van der Waals surface area contributed by atoms with Crippen LogP contribution in [0.1, 0.15) is 5.56 Å². The average Bonchev–Trinajstić information content (AvgIpc) is 2.74. The van der Waals surface area contributed by atoms with Crippen molar-refractivity contribution in [2.75, 3.05) is 0 Å². The molecule has 0 unspecified atom stereocenters. The topological polar surface area (TPSA) is 90.4 Å². The van der Waals surface area contributed by atoms with Crippen LogP contribution in [-0.4, -0.2) is 20.8 Å². The molecule has 4 rings (SSSR count). The van der Waals surface area contributed by atoms with E-state index >= 15 is 0 Å². The van der Waals surface area contributed by atoms with Gasteiger partial charge in [-0.05, 0) is 42.0 Å². The van der Waals surface area contributed by atoms with Crippen LogP contribution < -0.4 is 5.56 Å². The van der Waals surface area contributed by atoms with E-state index in [1.807, 2.05) is 30.3 Å². The molecule has 0 saturated carbocycles. The highest BCUT2D eigenvalue weighted by Crippen LogP contribution is 2.21. The first-order valence-corrected chi connectivity index (χ1v) is 9.39. The lowest BCUT2D eigenvalue weighted by Crippen LogP contribution is -2.20. The van der Waals surface area contributed by atoms with E-state index in [1.54, 1.807) is 30.3 Å². The van der Waals surface area contributed by atoms with Crippen molar-refractivity contribution in [1.82, 2.24) is 9.66 Å². The van der Waals surface area contributed by atoms with E-state index in [2.05, 4.69) is 26.0 Å². The van der Waals surface area contributed by atoms with Gasteiger partial charge in [0.05, 0.1) is 22.0 Å². The zero-order valence-corrected chi connectivity index (χ0v) is 16.5. The number of nitrogens with zero attached hydrogens (tertiary/aromatic N) is 4. The Balaban J connectivity index is 1.86. The van der Waals surface area contributed by atoms with Crippen LogP contribution in [0.3, 0.4) is 0 Å². The lowest BCUT2D eigenvalue weighted by molar-refractivity contribution is -0.384. The summed E-state index contributed by atoms with van der Waals surface area (Å²) in [7, 11) is 0. The van der Waals surface area contributed by atoms with Crippen molar-refractivity contribution in [3.05, 3.63) is 103 Å². The van der Waals surface area contributed by atoms with E-state index in [-0.39, 0.29) is 11.2 Å². The van der Waals surface area contributed by atoms with Crippen LogP contribution in [0.25, 0.3) is 22.3 Å². The number of benzene rings is 3. The summed E-state index contributed by atoms with van der Waals surface area (Å²) >= 11 is 3.40. The highest BCUT2D eigenvalue weighted by Gasteiger charge is 2.12. The van der Waals surface area contributed by atoms with E-state index < -0.39 is 4.92 Å². The highest BCUT2D eigenvalue weighted by molar-refractivity contribution is 9.10. The van der Waals surface area contributed by atoms with Gasteiger partial charge in [-0.15, -0.1) is 0 Å². The van der Waals surface area contributed by atoms with E-state index in [4.69, 9.17) is 0 Å². The van der Waals surface area contributed by atoms with Gasteiger partial charge in [0.1, 0.15) is 0 Å². The summed E-state index contributed by atoms with van der Waals surface area (Å²) in [6.07, 6.45) is 1.48. The fraction of sp³-hybridized carbons (Fsp3) is 0. The van der Waals surface area contributed by atoms with Gasteiger partial charge in [0.15, 0.2) is 5.82 Å². The van der Waals surface area contributed by atoms with Gasteiger partial charge in [0.25, 0.3) is 11.2 Å². The Morgan fingerprint density at radius 1 is 1.00 bits per heavy atom. The summed E-state index contributed by atoms with van der Waals surface area (Å²) in [5.74, 6) is 0.402. The second-order valence-electron chi connectivity index (χ2n) is 6.17. The molecule has 8 heteroatoms. The lowest BCUT2D eigenvalue weighted by Gasteiger charge is -2.09. The minimum absolute atomic E-state index is 0.0118. The van der Waals surface area contributed by atoms with Crippen LogP contribution >= 0.6 is 15.9 Å². The first-order chi connectivity index (χ1) is 14.0. The van der Waals surface area contributed by atoms with E-state index in [9.17, 15) is 14.9 Å². The Morgan fingerprint density at radius 2 is 1.69 bits per heavy atom. The molecule has 0 bridgehead atoms. The summed E-state index contributed by atoms with van der Waals surface area (Å²) in [6, 6.07) is 20.4. The quantitative estimate of drug-likeness (QED) is 0.258. The summed E-state index contributed by atoms with van der Waals surface area (Å²) < 4.78 is 2.15. The van der Waals surface area contributed by atoms with Crippen molar-refractivity contribution in [3.63, 3.8) is 0 Å². The summed E-state index contributed by atoms with van der Waals surface area (Å²) in [4.78, 5) is 28.0. The number of nitro groups is 1. The van der Waals surface area contributed by atoms with Crippen molar-refractivity contribution in [2.45, 2.75) is 0 Å². The molecule has 0 amide bonds. The van der Waals surface area contributed by atoms with Crippen molar-refractivity contribution >= 4 is 38.7 Å². The molecule has 0 aliphatic rings. The number of aromatic nitrogens is 2. The Hall–Kier alpha value is -3.65. The number of fused-ring (bicyclic) bond motifs is 1. The maximum absolute atomic E-state index is 13.1. The van der Waals surface area contributed by atoms with Crippen molar-refractivity contribution < 1.29 is 4.92 Å². The third-order valence-corrected chi connectivity index (χ3v) is 4.81. The largest absolute Gasteiger partial charge is 0.282 e. The fourth-order valence-electron chi connectivity index (χ4n) is 2.82. The first kappa shape index (κ1) is 18.7. The summed E-state index contributed by atoms with van der Waals surface area (Å²) in [5.41, 5.74) is 1.63. The molecule has 0 radical (unpaired) electrons. The van der Waals surface area contributed by atoms with Crippen LogP contribution in [0, 0.1) is 10.1 Å². The van der Waals surface area contributed by atoms with Gasteiger partial charge in [-0.25, -0.2) is 4.98 Å². The van der Waals surface area contributed by atoms with Gasteiger partial charge in [0.2, 0.25) is 0 Å². The maximum atomic E-state index is 13.1. The van der Waals surface area contributed by atoms with Crippen molar-refractivity contribution in [2.24, 2.45) is 5.10 Å². The second kappa shape index (κ2) is 7.76. The zero-order valence-electron chi connectivity index (χ0n) is 14.9. The number of hydrogen-bond donors (Lipinski definition) is 0. The molecule has 0 spiro atoms. The van der Waals surface area contributed by atoms with Crippen LogP contribution in [-0.2, 0) is 0 Å². The minimum atomic E-state index is -0.468. The van der Waals surface area contributed by atoms with E-state index in [0.717, 1.165) is 10.0 Å². The SMILES string of the molecule is O=c1c2ccccc2nc(-c2ccc(Br)cc2)n1/N=C/c1ccc([N+](=O)[O-])cc1. The van der Waals surface area contributed by atoms with Gasteiger partial charge in [-0.2, -0.15) is 9.78 Å². The second-order valence-corrected chi connectivity index (χ2v) is 7.09. The standard InChI is InChI=1S/C21H13BrN4O3/c22-16-9-7-15(8-10-16)20-24-19-4-2-1-3-18(19)21(27)25(20)23-13-14-5-11-17(12-6-14)26(28)29/h1-13H/b23-13+. The average molecular weight is 449 g/mol. The van der Waals surface area contributed by atoms with Crippen LogP contribution in [0.4, 0.5) is 5.69 Å². The predicted molar refractivity (Wildman–Crippen MR) is 115 cm³/mol. The molecular weight excluding hydrogens is 436 g/mol. The Kier molecular flexibility index (Phi) is 5.01. The molecule has 0 saturated heterocycles. The minimum Gasteiger partial charge on any atom is -0.267 e. The Bertz CT molecular complexity index is 1300. The predicted octanol–water partition coefficient (Wildman–Crippen LogP) is 4.62. The van der Waals surface area contributed by atoms with Crippen LogP contribution in [0.5, 0.6) is 0 Å². The molecule has 1 heterocycles. The molecule has 0 fully saturated rings. The monoisotopic (exact) mass is 448 g/mol. The molecule has 4 aromatic rings. The lowest BCUT2D eigenvalue weighted by atomic mass is 10.2. The molecule has 0 aliphatic heterocycles. The molecule has 0 aliphatic carbocycles. The molecule has 0 atom stereocenters. The Labute approximate surface area is 173 Å². The third-order valence-electron chi connectivity index (χ3n) is 4.28. The molecule has 0 N–H and O–H groups in total. The molecule has 7 nitrogen and oxygen atoms in total. The number of nitro benzene ring substituents is 1. The van der Waals surface area contributed by atoms with Crippen LogP contribution in [0.2, 0.25) is 0 Å². The smallest absolute Gasteiger partial charge is 0.267 e. The maximum Gasteiger partial charge on any atom is 0.282 e. The number of para-hydroxylation sites is 1. The van der Waals surface area contributed by atoms with Crippen molar-refractivity contribution in [1.29, 1.82) is 0 Å². The molecule has 142 valence electrons. The number of hydrogen-bond acceptors (Lipinski definition) is 5. The van der Waals surface area contributed by atoms with E-state index in [1.165, 1.54) is 23.0 Å². The first-order valence-electron chi connectivity index (χ1n) is 8.59. The van der Waals surface area contributed by atoms with Gasteiger partial charge in [-0.1, -0.05) is 40.2 Å². The van der Waals surface area contributed by atoms with Gasteiger partial charge in [0, 0.05) is 22.2 Å². The highest BCUT2D eigenvalue weighted by atomic mass is 79.9.